The van der Waals surface area contributed by atoms with Crippen LogP contribution in [0.3, 0.4) is 0 Å². The second-order valence-corrected chi connectivity index (χ2v) is 3.11. The van der Waals surface area contributed by atoms with E-state index in [9.17, 15) is 4.79 Å². The summed E-state index contributed by atoms with van der Waals surface area (Å²) in [6, 6.07) is 5.48. The van der Waals surface area contributed by atoms with E-state index in [2.05, 4.69) is 10.6 Å². The fraction of sp³-hybridized carbons (Fsp3) is 0.222. The number of Topliss-reactive ketones (excluding diaryl/α,β-unsaturated/α-hetero) is 1. The molecular weight excluding hydrogens is 188 g/mol. The first-order chi connectivity index (χ1) is 6.31. The molecule has 0 bridgehead atoms. The summed E-state index contributed by atoms with van der Waals surface area (Å²) < 4.78 is 0. The third kappa shape index (κ3) is 1.47. The van der Waals surface area contributed by atoms with Crippen molar-refractivity contribution in [1.82, 2.24) is 0 Å². The normalized spacial score (nSPS) is 13.0. The minimum atomic E-state index is -0.0434. The highest BCUT2D eigenvalue weighted by molar-refractivity contribution is 6.30. The van der Waals surface area contributed by atoms with Crippen LogP contribution in [0.5, 0.6) is 0 Å². The van der Waals surface area contributed by atoms with E-state index in [1.54, 1.807) is 6.07 Å². The zero-order valence-electron chi connectivity index (χ0n) is 6.93. The Morgan fingerprint density at radius 1 is 1.38 bits per heavy atom. The van der Waals surface area contributed by atoms with Crippen molar-refractivity contribution in [2.24, 2.45) is 0 Å². The van der Waals surface area contributed by atoms with Gasteiger partial charge in [0.15, 0.2) is 5.78 Å². The Morgan fingerprint density at radius 2 is 2.15 bits per heavy atom. The monoisotopic (exact) mass is 196 g/mol. The number of rotatable bonds is 2. The van der Waals surface area contributed by atoms with Crippen molar-refractivity contribution in [2.75, 3.05) is 23.2 Å². The first kappa shape index (κ1) is 8.38. The maximum absolute atomic E-state index is 11.2. The van der Waals surface area contributed by atoms with Gasteiger partial charge in [-0.1, -0.05) is 0 Å². The first-order valence-corrected chi connectivity index (χ1v) is 4.55. The van der Waals surface area contributed by atoms with Crippen molar-refractivity contribution < 1.29 is 4.79 Å². The number of fused-ring (bicyclic) bond motifs is 1. The van der Waals surface area contributed by atoms with Gasteiger partial charge >= 0.3 is 0 Å². The molecule has 0 radical (unpaired) electrons. The molecule has 2 rings (SSSR count). The zero-order chi connectivity index (χ0) is 9.26. The fourth-order valence-corrected chi connectivity index (χ4v) is 1.48. The van der Waals surface area contributed by atoms with Crippen molar-refractivity contribution in [1.29, 1.82) is 0 Å². The van der Waals surface area contributed by atoms with Crippen molar-refractivity contribution >= 4 is 28.8 Å². The number of nitrogens with one attached hydrogen (secondary N) is 2. The van der Waals surface area contributed by atoms with Gasteiger partial charge in [-0.15, -0.1) is 11.6 Å². The summed E-state index contributed by atoms with van der Waals surface area (Å²) in [5.74, 6) is -0.00942. The summed E-state index contributed by atoms with van der Waals surface area (Å²) in [5, 5.41) is 6.24. The Labute approximate surface area is 81.1 Å². The van der Waals surface area contributed by atoms with Gasteiger partial charge in [0, 0.05) is 5.56 Å². The molecule has 1 aliphatic heterocycles. The van der Waals surface area contributed by atoms with E-state index >= 15 is 0 Å². The van der Waals surface area contributed by atoms with Gasteiger partial charge in [-0.3, -0.25) is 4.79 Å². The molecule has 13 heavy (non-hydrogen) atoms. The van der Waals surface area contributed by atoms with Gasteiger partial charge in [0.05, 0.1) is 23.9 Å². The lowest BCUT2D eigenvalue weighted by atomic mass is 10.1. The number of carbonyl (C=O) groups excluding carboxylic acids is 1. The van der Waals surface area contributed by atoms with Crippen molar-refractivity contribution in [3.63, 3.8) is 0 Å². The molecule has 0 saturated heterocycles. The second kappa shape index (κ2) is 3.26. The highest BCUT2D eigenvalue weighted by atomic mass is 35.5. The fourth-order valence-electron chi connectivity index (χ4n) is 1.33. The van der Waals surface area contributed by atoms with Crippen LogP contribution in [-0.4, -0.2) is 18.3 Å². The van der Waals surface area contributed by atoms with Gasteiger partial charge in [0.1, 0.15) is 0 Å². The molecule has 0 spiro atoms. The van der Waals surface area contributed by atoms with E-state index in [4.69, 9.17) is 11.6 Å². The van der Waals surface area contributed by atoms with Crippen LogP contribution in [0.4, 0.5) is 11.4 Å². The largest absolute Gasteiger partial charge is 0.366 e. The third-order valence-corrected chi connectivity index (χ3v) is 2.26. The molecule has 1 aromatic rings. The van der Waals surface area contributed by atoms with Gasteiger partial charge in [0.25, 0.3) is 0 Å². The Balaban J connectivity index is 2.36. The summed E-state index contributed by atoms with van der Waals surface area (Å²) in [5.41, 5.74) is 2.66. The summed E-state index contributed by atoms with van der Waals surface area (Å²) in [4.78, 5) is 11.2. The smallest absolute Gasteiger partial charge is 0.177 e. The van der Waals surface area contributed by atoms with Crippen LogP contribution in [-0.2, 0) is 0 Å². The Morgan fingerprint density at radius 3 is 2.92 bits per heavy atom. The number of halogens is 1. The summed E-state index contributed by atoms with van der Waals surface area (Å²) >= 11 is 5.45. The quantitative estimate of drug-likeness (QED) is 0.561. The molecule has 0 aromatic heterocycles. The van der Waals surface area contributed by atoms with Crippen LogP contribution in [0.2, 0.25) is 0 Å². The van der Waals surface area contributed by atoms with E-state index in [1.807, 2.05) is 12.1 Å². The molecule has 0 atom stereocenters. The average Bonchev–Trinajstić information content (AvgIpc) is 2.63. The third-order valence-electron chi connectivity index (χ3n) is 2.02. The molecule has 1 aliphatic rings. The van der Waals surface area contributed by atoms with Crippen molar-refractivity contribution in [3.8, 4) is 0 Å². The van der Waals surface area contributed by atoms with Crippen LogP contribution < -0.4 is 10.6 Å². The van der Waals surface area contributed by atoms with Crippen LogP contribution in [0.15, 0.2) is 18.2 Å². The number of anilines is 2. The molecule has 0 unspecified atom stereocenters. The summed E-state index contributed by atoms with van der Waals surface area (Å²) in [6.45, 7) is 0.716. The molecule has 1 heterocycles. The van der Waals surface area contributed by atoms with Crippen LogP contribution in [0.1, 0.15) is 10.4 Å². The minimum Gasteiger partial charge on any atom is -0.366 e. The van der Waals surface area contributed by atoms with E-state index in [1.165, 1.54) is 0 Å². The molecule has 2 N–H and O–H groups in total. The van der Waals surface area contributed by atoms with Gasteiger partial charge in [-0.05, 0) is 18.2 Å². The maximum Gasteiger partial charge on any atom is 0.177 e. The van der Waals surface area contributed by atoms with Gasteiger partial charge in [0.2, 0.25) is 0 Å². The molecule has 4 heteroatoms. The van der Waals surface area contributed by atoms with E-state index in [0.717, 1.165) is 11.4 Å². The lowest BCUT2D eigenvalue weighted by molar-refractivity contribution is 0.102. The van der Waals surface area contributed by atoms with Crippen LogP contribution in [0, 0.1) is 0 Å². The number of hydrogen-bond donors (Lipinski definition) is 2. The van der Waals surface area contributed by atoms with E-state index in [0.29, 0.717) is 12.2 Å². The molecule has 68 valence electrons. The van der Waals surface area contributed by atoms with Gasteiger partial charge in [-0.25, -0.2) is 0 Å². The Bertz CT molecular complexity index is 351. The van der Waals surface area contributed by atoms with Crippen LogP contribution >= 0.6 is 11.6 Å². The summed E-state index contributed by atoms with van der Waals surface area (Å²) in [6.07, 6.45) is 0. The highest BCUT2D eigenvalue weighted by Crippen LogP contribution is 2.26. The molecule has 0 saturated carbocycles. The lowest BCUT2D eigenvalue weighted by Gasteiger charge is -2.01. The molecule has 0 amide bonds. The molecule has 0 aliphatic carbocycles. The number of alkyl halides is 1. The zero-order valence-corrected chi connectivity index (χ0v) is 7.69. The minimum absolute atomic E-state index is 0.0339. The number of hydrogen-bond acceptors (Lipinski definition) is 3. The first-order valence-electron chi connectivity index (χ1n) is 4.02. The van der Waals surface area contributed by atoms with Gasteiger partial charge < -0.3 is 10.6 Å². The predicted molar refractivity (Wildman–Crippen MR) is 53.6 cm³/mol. The SMILES string of the molecule is O=C(CCl)c1ccc2c(c1)NCN2. The average molecular weight is 197 g/mol. The standard InChI is InChI=1S/C9H9ClN2O/c10-4-9(13)6-1-2-7-8(3-6)12-5-11-7/h1-3,11-12H,4-5H2. The molecule has 1 aromatic carbocycles. The number of carbonyl (C=O) groups is 1. The van der Waals surface area contributed by atoms with Crippen LogP contribution in [0.25, 0.3) is 0 Å². The van der Waals surface area contributed by atoms with Crippen molar-refractivity contribution in [2.45, 2.75) is 0 Å². The Kier molecular flexibility index (Phi) is 2.10. The number of ketones is 1. The molecule has 3 nitrogen and oxygen atoms in total. The highest BCUT2D eigenvalue weighted by Gasteiger charge is 2.11. The predicted octanol–water partition coefficient (Wildman–Crippen LogP) is 1.90. The van der Waals surface area contributed by atoms with E-state index < -0.39 is 0 Å². The van der Waals surface area contributed by atoms with E-state index in [-0.39, 0.29) is 11.7 Å². The molecular formula is C9H9ClN2O. The topological polar surface area (TPSA) is 41.1 Å². The van der Waals surface area contributed by atoms with Gasteiger partial charge in [-0.2, -0.15) is 0 Å². The summed E-state index contributed by atoms with van der Waals surface area (Å²) in [7, 11) is 0. The second-order valence-electron chi connectivity index (χ2n) is 2.85. The lowest BCUT2D eigenvalue weighted by Crippen LogP contribution is -2.00. The maximum atomic E-state index is 11.2. The molecule has 0 fully saturated rings. The van der Waals surface area contributed by atoms with Crippen molar-refractivity contribution in [3.05, 3.63) is 23.8 Å². The number of benzene rings is 1. The Hall–Kier alpha value is -1.22.